The van der Waals surface area contributed by atoms with Crippen molar-refractivity contribution in [3.05, 3.63) is 52.4 Å². The van der Waals surface area contributed by atoms with Crippen LogP contribution in [0.5, 0.6) is 0 Å². The highest BCUT2D eigenvalue weighted by molar-refractivity contribution is 7.99. The molecule has 0 fully saturated rings. The Morgan fingerprint density at radius 1 is 1.23 bits per heavy atom. The number of carbonyl (C=O) groups excluding carboxylic acids is 1. The molecule has 0 saturated carbocycles. The molecule has 1 aromatic carbocycles. The fourth-order valence-corrected chi connectivity index (χ4v) is 3.20. The molecule has 0 aliphatic heterocycles. The van der Waals surface area contributed by atoms with Crippen LogP contribution in [0.15, 0.2) is 45.4 Å². The van der Waals surface area contributed by atoms with Gasteiger partial charge in [-0.15, -0.1) is 21.5 Å². The maximum atomic E-state index is 12.2. The molecule has 2 aromatic heterocycles. The van der Waals surface area contributed by atoms with Crippen LogP contribution in [-0.4, -0.2) is 21.7 Å². The zero-order valence-corrected chi connectivity index (χ0v) is 13.8. The van der Waals surface area contributed by atoms with E-state index in [0.29, 0.717) is 16.7 Å². The number of benzene rings is 1. The summed E-state index contributed by atoms with van der Waals surface area (Å²) in [6, 6.07) is 9.60. The number of aromatic nitrogens is 2. The van der Waals surface area contributed by atoms with Gasteiger partial charge < -0.3 is 4.42 Å². The second-order valence-electron chi connectivity index (χ2n) is 4.86. The summed E-state index contributed by atoms with van der Waals surface area (Å²) in [5.74, 6) is 0.842. The molecule has 0 aliphatic rings. The van der Waals surface area contributed by atoms with Crippen molar-refractivity contribution in [3.63, 3.8) is 0 Å². The molecule has 0 unspecified atom stereocenters. The van der Waals surface area contributed by atoms with Crippen molar-refractivity contribution in [2.75, 3.05) is 5.75 Å². The highest BCUT2D eigenvalue weighted by Gasteiger charge is 2.13. The summed E-state index contributed by atoms with van der Waals surface area (Å²) in [6.45, 7) is 4.04. The van der Waals surface area contributed by atoms with Crippen LogP contribution in [0.3, 0.4) is 0 Å². The minimum absolute atomic E-state index is 0.0592. The molecule has 0 aliphatic carbocycles. The summed E-state index contributed by atoms with van der Waals surface area (Å²) in [5, 5.41) is 10.3. The first kappa shape index (κ1) is 15.0. The van der Waals surface area contributed by atoms with Gasteiger partial charge in [0, 0.05) is 5.56 Å². The molecular weight excluding hydrogens is 316 g/mol. The summed E-state index contributed by atoms with van der Waals surface area (Å²) in [5.41, 5.74) is 3.02. The monoisotopic (exact) mass is 330 g/mol. The summed E-state index contributed by atoms with van der Waals surface area (Å²) in [6.07, 6.45) is 0. The Hall–Kier alpha value is -1.92. The SMILES string of the molecule is Cc1ccc(C(=O)CSc2nnc(-c3cccs3)o2)cc1C. The molecule has 0 saturated heterocycles. The lowest BCUT2D eigenvalue weighted by molar-refractivity contribution is 0.102. The van der Waals surface area contributed by atoms with Crippen LogP contribution in [0.4, 0.5) is 0 Å². The van der Waals surface area contributed by atoms with Crippen molar-refractivity contribution in [1.82, 2.24) is 10.2 Å². The van der Waals surface area contributed by atoms with Crippen molar-refractivity contribution < 1.29 is 9.21 Å². The van der Waals surface area contributed by atoms with E-state index in [4.69, 9.17) is 4.42 Å². The van der Waals surface area contributed by atoms with Gasteiger partial charge in [-0.3, -0.25) is 4.79 Å². The second kappa shape index (κ2) is 6.46. The number of hydrogen-bond acceptors (Lipinski definition) is 6. The zero-order chi connectivity index (χ0) is 15.5. The fourth-order valence-electron chi connectivity index (χ4n) is 1.89. The van der Waals surface area contributed by atoms with Gasteiger partial charge in [0.05, 0.1) is 10.6 Å². The third-order valence-corrected chi connectivity index (χ3v) is 4.97. The Morgan fingerprint density at radius 2 is 2.09 bits per heavy atom. The lowest BCUT2D eigenvalue weighted by atomic mass is 10.0. The predicted octanol–water partition coefficient (Wildman–Crippen LogP) is 4.39. The van der Waals surface area contributed by atoms with Crippen molar-refractivity contribution in [2.24, 2.45) is 0 Å². The lowest BCUT2D eigenvalue weighted by Crippen LogP contribution is -2.03. The van der Waals surface area contributed by atoms with E-state index in [9.17, 15) is 4.79 Å². The Kier molecular flexibility index (Phi) is 4.40. The molecule has 0 bridgehead atoms. The number of thiophene rings is 1. The summed E-state index contributed by atoms with van der Waals surface area (Å²) < 4.78 is 5.56. The maximum Gasteiger partial charge on any atom is 0.277 e. The molecule has 0 atom stereocenters. The van der Waals surface area contributed by atoms with E-state index in [-0.39, 0.29) is 11.5 Å². The zero-order valence-electron chi connectivity index (χ0n) is 12.2. The molecule has 4 nitrogen and oxygen atoms in total. The van der Waals surface area contributed by atoms with E-state index in [1.807, 2.05) is 49.6 Å². The minimum Gasteiger partial charge on any atom is -0.410 e. The van der Waals surface area contributed by atoms with Crippen LogP contribution in [0.1, 0.15) is 21.5 Å². The number of rotatable bonds is 5. The number of ketones is 1. The average molecular weight is 330 g/mol. The van der Waals surface area contributed by atoms with E-state index >= 15 is 0 Å². The Morgan fingerprint density at radius 3 is 2.82 bits per heavy atom. The number of Topliss-reactive ketones (excluding diaryl/α,β-unsaturated/α-hetero) is 1. The molecular formula is C16H14N2O2S2. The van der Waals surface area contributed by atoms with Crippen LogP contribution < -0.4 is 0 Å². The third-order valence-electron chi connectivity index (χ3n) is 3.29. The molecule has 3 aromatic rings. The highest BCUT2D eigenvalue weighted by atomic mass is 32.2. The van der Waals surface area contributed by atoms with Gasteiger partial charge >= 0.3 is 0 Å². The average Bonchev–Trinajstić information content (AvgIpc) is 3.18. The number of nitrogens with zero attached hydrogens (tertiary/aromatic N) is 2. The van der Waals surface area contributed by atoms with E-state index in [1.165, 1.54) is 17.3 Å². The van der Waals surface area contributed by atoms with Gasteiger partial charge in [-0.25, -0.2) is 0 Å². The van der Waals surface area contributed by atoms with Crippen LogP contribution in [0.2, 0.25) is 0 Å². The highest BCUT2D eigenvalue weighted by Crippen LogP contribution is 2.26. The third kappa shape index (κ3) is 3.28. The van der Waals surface area contributed by atoms with Gasteiger partial charge in [0.1, 0.15) is 0 Å². The Balaban J connectivity index is 1.65. The van der Waals surface area contributed by atoms with Crippen molar-refractivity contribution >= 4 is 28.9 Å². The standard InChI is InChI=1S/C16H14N2O2S2/c1-10-5-6-12(8-11(10)2)13(19)9-22-16-18-17-15(20-16)14-4-3-7-21-14/h3-8H,9H2,1-2H3. The quantitative estimate of drug-likeness (QED) is 0.513. The largest absolute Gasteiger partial charge is 0.410 e. The smallest absolute Gasteiger partial charge is 0.277 e. The van der Waals surface area contributed by atoms with Gasteiger partial charge in [-0.2, -0.15) is 0 Å². The van der Waals surface area contributed by atoms with E-state index in [2.05, 4.69) is 10.2 Å². The van der Waals surface area contributed by atoms with Crippen LogP contribution in [-0.2, 0) is 0 Å². The van der Waals surface area contributed by atoms with Gasteiger partial charge in [-0.1, -0.05) is 30.0 Å². The molecule has 0 radical (unpaired) electrons. The number of hydrogen-bond donors (Lipinski definition) is 0. The van der Waals surface area contributed by atoms with Gasteiger partial charge in [0.25, 0.3) is 11.1 Å². The molecule has 0 spiro atoms. The molecule has 0 N–H and O–H groups in total. The Bertz CT molecular complexity index is 794. The lowest BCUT2D eigenvalue weighted by Gasteiger charge is -2.03. The molecule has 22 heavy (non-hydrogen) atoms. The molecule has 6 heteroatoms. The van der Waals surface area contributed by atoms with Gasteiger partial charge in [-0.05, 0) is 42.5 Å². The molecule has 0 amide bonds. The van der Waals surface area contributed by atoms with Gasteiger partial charge in [0.15, 0.2) is 5.78 Å². The van der Waals surface area contributed by atoms with E-state index < -0.39 is 0 Å². The number of carbonyl (C=O) groups is 1. The van der Waals surface area contributed by atoms with Crippen molar-refractivity contribution in [1.29, 1.82) is 0 Å². The first-order valence-electron chi connectivity index (χ1n) is 6.74. The summed E-state index contributed by atoms with van der Waals surface area (Å²) in [4.78, 5) is 13.1. The van der Waals surface area contributed by atoms with E-state index in [0.717, 1.165) is 10.4 Å². The topological polar surface area (TPSA) is 56.0 Å². The normalized spacial score (nSPS) is 10.8. The second-order valence-corrected chi connectivity index (χ2v) is 6.74. The molecule has 112 valence electrons. The van der Waals surface area contributed by atoms with Crippen LogP contribution >= 0.6 is 23.1 Å². The number of aryl methyl sites for hydroxylation is 2. The summed E-state index contributed by atoms with van der Waals surface area (Å²) in [7, 11) is 0. The van der Waals surface area contributed by atoms with Crippen LogP contribution in [0.25, 0.3) is 10.8 Å². The molecule has 2 heterocycles. The van der Waals surface area contributed by atoms with Crippen molar-refractivity contribution in [3.8, 4) is 10.8 Å². The first-order valence-corrected chi connectivity index (χ1v) is 8.60. The first-order chi connectivity index (χ1) is 10.6. The fraction of sp³-hybridized carbons (Fsp3) is 0.188. The van der Waals surface area contributed by atoms with E-state index in [1.54, 1.807) is 11.3 Å². The Labute approximate surface area is 136 Å². The van der Waals surface area contributed by atoms with Gasteiger partial charge in [0.2, 0.25) is 0 Å². The number of thioether (sulfide) groups is 1. The maximum absolute atomic E-state index is 12.2. The van der Waals surface area contributed by atoms with Crippen molar-refractivity contribution in [2.45, 2.75) is 19.1 Å². The predicted molar refractivity (Wildman–Crippen MR) is 88.6 cm³/mol. The summed E-state index contributed by atoms with van der Waals surface area (Å²) >= 11 is 2.81. The molecule has 3 rings (SSSR count). The minimum atomic E-state index is 0.0592. The van der Waals surface area contributed by atoms with Crippen LogP contribution in [0, 0.1) is 13.8 Å².